The van der Waals surface area contributed by atoms with Gasteiger partial charge in [-0.15, -0.1) is 0 Å². The summed E-state index contributed by atoms with van der Waals surface area (Å²) in [5.41, 5.74) is 0. The van der Waals surface area contributed by atoms with Gasteiger partial charge in [-0.05, 0) is 0 Å². The average molecular weight is 272 g/mol. The van der Waals surface area contributed by atoms with Crippen LogP contribution in [0.4, 0.5) is 0 Å². The molecule has 38 valence electrons. The Bertz CT molecular complexity index is 107. The number of allylic oxidation sites excluding steroid dienone is 2. The molecule has 1 rings (SSSR count). The standard InChI is InChI=1S/C5H6N.Ir/c1-2-4-6-5-3-1;/h1-4H,5H2;/q-1;+3. The maximum atomic E-state index is 2.12. The molecule has 0 amide bonds. The molecule has 1 nitrogen and oxygen atoms in total. The van der Waals surface area contributed by atoms with Gasteiger partial charge in [-0.1, -0.05) is 0 Å². The summed E-state index contributed by atoms with van der Waals surface area (Å²) in [6.07, 6.45) is 8.27. The van der Waals surface area contributed by atoms with Crippen molar-refractivity contribution in [2.45, 2.75) is 0 Å². The van der Waals surface area contributed by atoms with E-state index in [9.17, 15) is 0 Å². The monoisotopic (exact) mass is 273 g/mol. The van der Waals surface area contributed by atoms with Crippen LogP contribution in [0.2, 0.25) is 0 Å². The van der Waals surface area contributed by atoms with E-state index >= 15 is 0 Å². The Morgan fingerprint density at radius 2 is 2.29 bits per heavy atom. The van der Waals surface area contributed by atoms with Gasteiger partial charge in [-0.25, -0.2) is 0 Å². The second-order valence-electron chi connectivity index (χ2n) is 1.33. The predicted molar refractivity (Wildman–Crippen MR) is 25.0 cm³/mol. The van der Waals surface area contributed by atoms with Crippen molar-refractivity contribution in [2.75, 3.05) is 6.54 Å². The van der Waals surface area contributed by atoms with E-state index in [2.05, 4.69) is 41.1 Å². The van der Waals surface area contributed by atoms with Crippen molar-refractivity contribution in [1.29, 1.82) is 0 Å². The van der Waals surface area contributed by atoms with Crippen LogP contribution in [-0.2, 0) is 19.1 Å². The molecular weight excluding hydrogens is 266 g/mol. The zero-order valence-electron chi connectivity index (χ0n) is 3.80. The molecule has 0 aromatic heterocycles. The molecule has 0 aromatic rings. The Balaban J connectivity index is 2.49. The Kier molecular flexibility index (Phi) is 1.66. The first-order valence-electron chi connectivity index (χ1n) is 2.13. The van der Waals surface area contributed by atoms with Gasteiger partial charge < -0.3 is 0 Å². The summed E-state index contributed by atoms with van der Waals surface area (Å²) in [6, 6.07) is 0. The van der Waals surface area contributed by atoms with Gasteiger partial charge in [0.15, 0.2) is 0 Å². The SMILES string of the molecule is [Ir+2][N]1C=CC=CC1. The topological polar surface area (TPSA) is 3.24 Å². The molecule has 0 fully saturated rings. The first-order chi connectivity index (χ1) is 3.39. The molecule has 1 heterocycles. The fraction of sp³-hybridized carbons (Fsp3) is 0.200. The Morgan fingerprint density at radius 3 is 2.57 bits per heavy atom. The number of nitrogens with zero attached hydrogens (tertiary/aromatic N) is 1. The van der Waals surface area contributed by atoms with Crippen LogP contribution in [0, 0.1) is 0 Å². The van der Waals surface area contributed by atoms with Crippen molar-refractivity contribution in [3.8, 4) is 0 Å². The molecule has 0 aromatic carbocycles. The first-order valence-corrected chi connectivity index (χ1v) is 3.20. The van der Waals surface area contributed by atoms with Gasteiger partial charge in [0, 0.05) is 0 Å². The summed E-state index contributed by atoms with van der Waals surface area (Å²) in [7, 11) is 0. The van der Waals surface area contributed by atoms with E-state index in [-0.39, 0.29) is 0 Å². The molecule has 7 heavy (non-hydrogen) atoms. The Hall–Kier alpha value is -0.0706. The molecule has 0 saturated heterocycles. The summed E-state index contributed by atoms with van der Waals surface area (Å²) >= 11 is 2.06. The van der Waals surface area contributed by atoms with Gasteiger partial charge in [0.05, 0.1) is 0 Å². The molecule has 0 spiro atoms. The Morgan fingerprint density at radius 1 is 1.43 bits per heavy atom. The fourth-order valence-electron chi connectivity index (χ4n) is 0.436. The summed E-state index contributed by atoms with van der Waals surface area (Å²) < 4.78 is 2.12. The summed E-state index contributed by atoms with van der Waals surface area (Å²) in [6.45, 7) is 1.05. The van der Waals surface area contributed by atoms with E-state index in [1.54, 1.807) is 0 Å². The van der Waals surface area contributed by atoms with Crippen molar-refractivity contribution in [1.82, 2.24) is 3.57 Å². The molecule has 0 bridgehead atoms. The van der Waals surface area contributed by atoms with Gasteiger partial charge in [0.25, 0.3) is 0 Å². The van der Waals surface area contributed by atoms with Gasteiger partial charge in [0.1, 0.15) is 0 Å². The van der Waals surface area contributed by atoms with Crippen molar-refractivity contribution in [3.63, 3.8) is 0 Å². The van der Waals surface area contributed by atoms with Gasteiger partial charge in [-0.3, -0.25) is 0 Å². The molecule has 0 atom stereocenters. The molecule has 1 aliphatic rings. The molecular formula is C5H6IrN+2. The third-order valence-electron chi connectivity index (χ3n) is 0.760. The quantitative estimate of drug-likeness (QED) is 0.631. The van der Waals surface area contributed by atoms with Crippen LogP contribution in [0.15, 0.2) is 24.4 Å². The average Bonchev–Trinajstić information content (AvgIpc) is 1.69. The zero-order chi connectivity index (χ0) is 5.11. The maximum absolute atomic E-state index is 2.12. The van der Waals surface area contributed by atoms with Gasteiger partial charge >= 0.3 is 53.7 Å². The summed E-state index contributed by atoms with van der Waals surface area (Å²) in [5, 5.41) is 0. The third-order valence-corrected chi connectivity index (χ3v) is 1.55. The van der Waals surface area contributed by atoms with Gasteiger partial charge in [-0.2, -0.15) is 0 Å². The molecule has 0 saturated carbocycles. The van der Waals surface area contributed by atoms with Crippen molar-refractivity contribution >= 4 is 0 Å². The molecule has 2 heteroatoms. The predicted octanol–water partition coefficient (Wildman–Crippen LogP) is 0.834. The van der Waals surface area contributed by atoms with E-state index in [1.165, 1.54) is 0 Å². The van der Waals surface area contributed by atoms with Crippen molar-refractivity contribution in [2.24, 2.45) is 0 Å². The van der Waals surface area contributed by atoms with E-state index in [0.29, 0.717) is 0 Å². The van der Waals surface area contributed by atoms with Crippen LogP contribution < -0.4 is 0 Å². The summed E-state index contributed by atoms with van der Waals surface area (Å²) in [5.74, 6) is 0. The summed E-state index contributed by atoms with van der Waals surface area (Å²) in [4.78, 5) is 0. The zero-order valence-corrected chi connectivity index (χ0v) is 6.19. The molecule has 1 aliphatic heterocycles. The number of hydrogen-bond donors (Lipinski definition) is 0. The van der Waals surface area contributed by atoms with Crippen LogP contribution in [0.1, 0.15) is 0 Å². The van der Waals surface area contributed by atoms with Crippen LogP contribution in [0.3, 0.4) is 0 Å². The minimum atomic E-state index is 1.05. The second kappa shape index (κ2) is 2.29. The number of hydrogen-bond acceptors (Lipinski definition) is 1. The molecule has 0 radical (unpaired) electrons. The van der Waals surface area contributed by atoms with E-state index < -0.39 is 0 Å². The van der Waals surface area contributed by atoms with Crippen LogP contribution >= 0.6 is 0 Å². The molecule has 0 N–H and O–H groups in total. The van der Waals surface area contributed by atoms with Crippen LogP contribution in [0.25, 0.3) is 0 Å². The fourth-order valence-corrected chi connectivity index (χ4v) is 0.894. The normalized spacial score (nSPS) is 18.1. The molecule has 0 unspecified atom stereocenters. The third kappa shape index (κ3) is 1.46. The van der Waals surface area contributed by atoms with E-state index in [4.69, 9.17) is 0 Å². The van der Waals surface area contributed by atoms with Crippen molar-refractivity contribution in [3.05, 3.63) is 24.4 Å². The van der Waals surface area contributed by atoms with Crippen LogP contribution in [-0.4, -0.2) is 10.1 Å². The van der Waals surface area contributed by atoms with Crippen molar-refractivity contribution < 1.29 is 19.1 Å². The van der Waals surface area contributed by atoms with Gasteiger partial charge in [0.2, 0.25) is 0 Å². The minimum absolute atomic E-state index is 1.05. The number of rotatable bonds is 0. The van der Waals surface area contributed by atoms with Crippen LogP contribution in [0.5, 0.6) is 0 Å². The first kappa shape index (κ1) is 5.07. The van der Waals surface area contributed by atoms with E-state index in [1.807, 2.05) is 6.08 Å². The molecule has 0 aliphatic carbocycles. The Labute approximate surface area is 54.1 Å². The van der Waals surface area contributed by atoms with E-state index in [0.717, 1.165) is 6.54 Å². The second-order valence-corrected chi connectivity index (χ2v) is 2.70.